The summed E-state index contributed by atoms with van der Waals surface area (Å²) in [5, 5.41) is 0. The molecule has 1 aliphatic rings. The molecule has 0 heterocycles. The summed E-state index contributed by atoms with van der Waals surface area (Å²) in [5.41, 5.74) is 0. The van der Waals surface area contributed by atoms with Gasteiger partial charge in [-0.3, -0.25) is 0 Å². The Balaban J connectivity index is 2.35. The van der Waals surface area contributed by atoms with Gasteiger partial charge in [0.05, 0.1) is 0 Å². The maximum Gasteiger partial charge on any atom is -0.0166 e. The lowest BCUT2D eigenvalue weighted by atomic mass is 10.2. The molecule has 0 unspecified atom stereocenters. The van der Waals surface area contributed by atoms with Crippen LogP contribution in [0, 0.1) is 6.08 Å². The molecule has 0 N–H and O–H groups in total. The van der Waals surface area contributed by atoms with Crippen LogP contribution in [0.5, 0.6) is 0 Å². The van der Waals surface area contributed by atoms with E-state index in [1.54, 1.807) is 0 Å². The van der Waals surface area contributed by atoms with Crippen molar-refractivity contribution in [2.24, 2.45) is 0 Å². The fourth-order valence-corrected chi connectivity index (χ4v) is 1.33. The Bertz CT molecular complexity index is 228. The maximum atomic E-state index is 3.33. The largest absolute Gasteiger partial charge is 0.0882 e. The molecule has 0 atom stereocenters. The molecule has 0 bridgehead atoms. The van der Waals surface area contributed by atoms with Crippen molar-refractivity contribution in [3.05, 3.63) is 48.6 Å². The van der Waals surface area contributed by atoms with Crippen molar-refractivity contribution in [1.29, 1.82) is 0 Å². The fourth-order valence-electron chi connectivity index (χ4n) is 1.33. The van der Waals surface area contributed by atoms with Gasteiger partial charge in [0.15, 0.2) is 0 Å². The highest BCUT2D eigenvalue weighted by Crippen LogP contribution is 2.01. The summed E-state index contributed by atoms with van der Waals surface area (Å²) in [6.45, 7) is 0. The van der Waals surface area contributed by atoms with Crippen LogP contribution in [0.2, 0.25) is 0 Å². The van der Waals surface area contributed by atoms with Crippen molar-refractivity contribution in [2.75, 3.05) is 0 Å². The Morgan fingerprint density at radius 3 is 2.71 bits per heavy atom. The van der Waals surface area contributed by atoms with Gasteiger partial charge in [0.25, 0.3) is 0 Å². The minimum atomic E-state index is 1.06. The van der Waals surface area contributed by atoms with Crippen molar-refractivity contribution in [1.82, 2.24) is 0 Å². The third kappa shape index (κ3) is 6.47. The van der Waals surface area contributed by atoms with Crippen LogP contribution in [-0.4, -0.2) is 0 Å². The maximum absolute atomic E-state index is 3.33. The van der Waals surface area contributed by atoms with Crippen LogP contribution in [0.4, 0.5) is 0 Å². The van der Waals surface area contributed by atoms with E-state index in [0.717, 1.165) is 25.7 Å². The topological polar surface area (TPSA) is 0 Å². The van der Waals surface area contributed by atoms with E-state index in [-0.39, 0.29) is 0 Å². The Labute approximate surface area is 87.7 Å². The molecule has 0 nitrogen and oxygen atoms in total. The predicted octanol–water partition coefficient (Wildman–Crippen LogP) is 4.37. The molecule has 75 valence electrons. The molecule has 1 rings (SSSR count). The Kier molecular flexibility index (Phi) is 6.74. The van der Waals surface area contributed by atoms with Crippen LogP contribution in [-0.2, 0) is 0 Å². The molecule has 0 saturated heterocycles. The van der Waals surface area contributed by atoms with Crippen molar-refractivity contribution in [3.8, 4) is 0 Å². The highest BCUT2D eigenvalue weighted by atomic mass is 13.9. The molecule has 0 spiro atoms. The number of rotatable bonds is 0. The second-order valence-corrected chi connectivity index (χ2v) is 3.44. The summed E-state index contributed by atoms with van der Waals surface area (Å²) in [6.07, 6.45) is 25.5. The van der Waals surface area contributed by atoms with E-state index in [4.69, 9.17) is 0 Å². The van der Waals surface area contributed by atoms with Gasteiger partial charge in [-0.15, -0.1) is 0 Å². The van der Waals surface area contributed by atoms with E-state index >= 15 is 0 Å². The van der Waals surface area contributed by atoms with Crippen LogP contribution in [0.15, 0.2) is 42.5 Å². The Morgan fingerprint density at radius 2 is 1.71 bits per heavy atom. The second kappa shape index (κ2) is 8.55. The average Bonchev–Trinajstić information content (AvgIpc) is 2.22. The van der Waals surface area contributed by atoms with Crippen molar-refractivity contribution in [3.63, 3.8) is 0 Å². The van der Waals surface area contributed by atoms with Gasteiger partial charge in [0, 0.05) is 0 Å². The molecular weight excluding hydrogens is 168 g/mol. The van der Waals surface area contributed by atoms with Crippen LogP contribution in [0.25, 0.3) is 0 Å². The summed E-state index contributed by atoms with van der Waals surface area (Å²) in [7, 11) is 0. The molecule has 14 heavy (non-hydrogen) atoms. The Hall–Kier alpha value is -1.04. The first-order valence-corrected chi connectivity index (χ1v) is 5.52. The van der Waals surface area contributed by atoms with Crippen LogP contribution in [0.3, 0.4) is 0 Å². The summed E-state index contributed by atoms with van der Waals surface area (Å²) >= 11 is 0. The van der Waals surface area contributed by atoms with E-state index in [1.165, 1.54) is 12.8 Å². The van der Waals surface area contributed by atoms with Gasteiger partial charge in [-0.1, -0.05) is 42.5 Å². The molecule has 0 aromatic heterocycles. The molecule has 1 aliphatic carbocycles. The van der Waals surface area contributed by atoms with Gasteiger partial charge >= 0.3 is 0 Å². The zero-order valence-corrected chi connectivity index (χ0v) is 8.78. The lowest BCUT2D eigenvalue weighted by Crippen LogP contribution is -1.72. The minimum Gasteiger partial charge on any atom is -0.0882 e. The van der Waals surface area contributed by atoms with Crippen LogP contribution < -0.4 is 0 Å². The lowest BCUT2D eigenvalue weighted by molar-refractivity contribution is 0.846. The third-order valence-electron chi connectivity index (χ3n) is 2.14. The van der Waals surface area contributed by atoms with E-state index in [1.807, 2.05) is 0 Å². The smallest absolute Gasteiger partial charge is 0.0166 e. The van der Waals surface area contributed by atoms with E-state index in [2.05, 4.69) is 48.6 Å². The number of hydrogen-bond donors (Lipinski definition) is 0. The molecule has 0 aromatic carbocycles. The summed E-state index contributed by atoms with van der Waals surface area (Å²) in [5.74, 6) is 0. The monoisotopic (exact) mass is 187 g/mol. The normalized spacial score (nSPS) is 28.6. The number of allylic oxidation sites excluding steroid dienone is 8. The van der Waals surface area contributed by atoms with Crippen molar-refractivity contribution >= 4 is 0 Å². The molecule has 0 aliphatic heterocycles. The van der Waals surface area contributed by atoms with Gasteiger partial charge in [0.2, 0.25) is 0 Å². The fraction of sp³-hybridized carbons (Fsp3) is 0.429. The molecule has 0 aromatic rings. The first-order valence-electron chi connectivity index (χ1n) is 5.52. The summed E-state index contributed by atoms with van der Waals surface area (Å²) in [4.78, 5) is 0. The third-order valence-corrected chi connectivity index (χ3v) is 2.14. The minimum absolute atomic E-state index is 1.06. The van der Waals surface area contributed by atoms with Crippen LogP contribution >= 0.6 is 0 Å². The van der Waals surface area contributed by atoms with E-state index in [0.29, 0.717) is 0 Å². The summed E-state index contributed by atoms with van der Waals surface area (Å²) < 4.78 is 0. The highest BCUT2D eigenvalue weighted by molar-refractivity contribution is 5.05. The first kappa shape index (κ1) is 11.0. The van der Waals surface area contributed by atoms with E-state index < -0.39 is 0 Å². The van der Waals surface area contributed by atoms with Gasteiger partial charge in [-0.05, 0) is 44.6 Å². The van der Waals surface area contributed by atoms with Gasteiger partial charge in [-0.2, -0.15) is 0 Å². The standard InChI is InChI=1S/C14H19/c1-2-4-6-8-10-12-14-13-11-9-7-5-3-1/h1-4,7,9-10H,5-6,8,11,13-14H2/b3-1-,4-2+,9-7-,12-10?. The van der Waals surface area contributed by atoms with Crippen molar-refractivity contribution < 1.29 is 0 Å². The highest BCUT2D eigenvalue weighted by Gasteiger charge is 1.82. The van der Waals surface area contributed by atoms with E-state index in [9.17, 15) is 0 Å². The zero-order valence-electron chi connectivity index (χ0n) is 8.78. The molecule has 0 fully saturated rings. The molecule has 0 heteroatoms. The van der Waals surface area contributed by atoms with Crippen molar-refractivity contribution in [2.45, 2.75) is 38.5 Å². The first-order chi connectivity index (χ1) is 7.00. The second-order valence-electron chi connectivity index (χ2n) is 3.44. The SMILES string of the molecule is [C]1=C/CC/C=C/C=C\C/C=C\CCC/1. The lowest BCUT2D eigenvalue weighted by Gasteiger charge is -1.91. The Morgan fingerprint density at radius 1 is 0.786 bits per heavy atom. The van der Waals surface area contributed by atoms with Crippen LogP contribution in [0.1, 0.15) is 38.5 Å². The molecule has 0 amide bonds. The van der Waals surface area contributed by atoms with Gasteiger partial charge in [-0.25, -0.2) is 0 Å². The quantitative estimate of drug-likeness (QED) is 0.494. The zero-order chi connectivity index (χ0) is 9.90. The predicted molar refractivity (Wildman–Crippen MR) is 62.9 cm³/mol. The molecule has 0 saturated carbocycles. The van der Waals surface area contributed by atoms with Gasteiger partial charge < -0.3 is 0 Å². The summed E-state index contributed by atoms with van der Waals surface area (Å²) in [6, 6.07) is 0. The molecular formula is C14H19. The molecule has 1 radical (unpaired) electrons. The van der Waals surface area contributed by atoms with Gasteiger partial charge in [0.1, 0.15) is 0 Å². The number of hydrogen-bond acceptors (Lipinski definition) is 0. The average molecular weight is 187 g/mol.